The Balaban J connectivity index is 0.00000387. The smallest absolute Gasteiger partial charge is 0.246 e. The van der Waals surface area contributed by atoms with E-state index in [9.17, 15) is 0 Å². The number of aromatic nitrogens is 2. The van der Waals surface area contributed by atoms with Gasteiger partial charge in [0.1, 0.15) is 18.1 Å². The molecule has 8 aromatic carbocycles. The molecule has 2 nitrogen and oxygen atoms in total. The number of fused-ring (bicyclic) bond motifs is 2. The van der Waals surface area contributed by atoms with Gasteiger partial charge in [0.2, 0.25) is 6.33 Å². The maximum Gasteiger partial charge on any atom is 0.246 e. The van der Waals surface area contributed by atoms with Crippen LogP contribution in [0.5, 0.6) is 0 Å². The molecule has 0 atom stereocenters. The lowest BCUT2D eigenvalue weighted by Crippen LogP contribution is -3.00. The van der Waals surface area contributed by atoms with Crippen LogP contribution < -0.4 is 53.8 Å². The molecule has 9 rings (SSSR count). The van der Waals surface area contributed by atoms with E-state index in [1.54, 1.807) is 0 Å². The Hall–Kier alpha value is -5.17. The van der Waals surface area contributed by atoms with Crippen molar-refractivity contribution in [3.8, 4) is 16.8 Å². The number of H-pyrrole nitrogens is 1. The largest absolute Gasteiger partial charge is 1.00 e. The summed E-state index contributed by atoms with van der Waals surface area (Å²) in [6, 6.07) is 69.7. The number of imidazole rings is 1. The number of hydrogen-bond donors (Lipinski definition) is 0. The first-order valence-corrected chi connectivity index (χ1v) is 20.0. The molecule has 9 aromatic rings. The van der Waals surface area contributed by atoms with Crippen molar-refractivity contribution in [3.63, 3.8) is 0 Å². The van der Waals surface area contributed by atoms with Crippen molar-refractivity contribution in [2.24, 2.45) is 0 Å². The number of hydrogen-bond acceptors (Lipinski definition) is 0. The van der Waals surface area contributed by atoms with E-state index in [1.165, 1.54) is 64.5 Å². The minimum Gasteiger partial charge on any atom is -1.00 e. The van der Waals surface area contributed by atoms with E-state index in [4.69, 9.17) is 0 Å². The summed E-state index contributed by atoms with van der Waals surface area (Å²) in [7, 11) is -1.83. The molecule has 1 aromatic heterocycles. The van der Waals surface area contributed by atoms with Crippen molar-refractivity contribution in [2.45, 2.75) is 0 Å². The molecule has 0 radical (unpaired) electrons. The molecule has 0 aliphatic carbocycles. The fourth-order valence-electron chi connectivity index (χ4n) is 7.32. The highest BCUT2D eigenvalue weighted by atomic mass is 79.9. The molecule has 0 aliphatic heterocycles. The second kappa shape index (κ2) is 15.2. The molecule has 0 unspecified atom stereocenters. The molecular weight excluding hydrogens is 734 g/mol. The zero-order chi connectivity index (χ0) is 34.0. The number of halogens is 1. The van der Waals surface area contributed by atoms with E-state index in [0.717, 1.165) is 5.69 Å². The first-order valence-electron chi connectivity index (χ1n) is 17.3. The van der Waals surface area contributed by atoms with Gasteiger partial charge in [-0.15, -0.1) is 0 Å². The first-order chi connectivity index (χ1) is 25.3. The second-order valence-electron chi connectivity index (χ2n) is 12.5. The summed E-state index contributed by atoms with van der Waals surface area (Å²) in [5.41, 5.74) is 3.79. The minimum atomic E-state index is -0.920. The summed E-state index contributed by atoms with van der Waals surface area (Å²) in [5, 5.41) is 13.1. The molecule has 0 amide bonds. The molecule has 0 saturated carbocycles. The van der Waals surface area contributed by atoms with Gasteiger partial charge in [-0.05, 0) is 87.1 Å². The van der Waals surface area contributed by atoms with Gasteiger partial charge in [0, 0.05) is 5.39 Å². The van der Waals surface area contributed by atoms with E-state index < -0.39 is 15.8 Å². The van der Waals surface area contributed by atoms with Gasteiger partial charge in [-0.3, -0.25) is 0 Å². The van der Waals surface area contributed by atoms with Crippen LogP contribution in [-0.2, 0) is 0 Å². The first kappa shape index (κ1) is 33.9. The van der Waals surface area contributed by atoms with Gasteiger partial charge in [-0.1, -0.05) is 176 Å². The van der Waals surface area contributed by atoms with Gasteiger partial charge >= 0.3 is 0 Å². The molecule has 0 saturated heterocycles. The lowest BCUT2D eigenvalue weighted by molar-refractivity contribution is -0.376. The van der Waals surface area contributed by atoms with Crippen LogP contribution in [0.3, 0.4) is 0 Å². The molecule has 0 aliphatic rings. The van der Waals surface area contributed by atoms with Crippen LogP contribution in [0.25, 0.3) is 38.4 Å². The third-order valence-corrected chi connectivity index (χ3v) is 14.5. The monoisotopic (exact) mass is 768 g/mol. The molecular formula is C47H35BrN2P2. The Morgan fingerprint density at radius 3 is 1.37 bits per heavy atom. The van der Waals surface area contributed by atoms with Crippen LogP contribution in [0, 0.1) is 0 Å². The Bertz CT molecular complexity index is 2500. The van der Waals surface area contributed by atoms with Crippen molar-refractivity contribution in [1.29, 1.82) is 0 Å². The Kier molecular flexibility index (Phi) is 9.93. The van der Waals surface area contributed by atoms with Crippen molar-refractivity contribution in [2.75, 3.05) is 0 Å². The molecule has 1 heterocycles. The van der Waals surface area contributed by atoms with Crippen molar-refractivity contribution >= 4 is 69.2 Å². The van der Waals surface area contributed by atoms with Gasteiger partial charge in [0.15, 0.2) is 0 Å². The number of nitrogens with zero attached hydrogens (tertiary/aromatic N) is 1. The Labute approximate surface area is 317 Å². The number of nitrogens with one attached hydrogen (secondary N) is 1. The molecule has 52 heavy (non-hydrogen) atoms. The summed E-state index contributed by atoms with van der Waals surface area (Å²) in [4.78, 5) is 3.27. The summed E-state index contributed by atoms with van der Waals surface area (Å²) >= 11 is 0. The molecule has 0 fully saturated rings. The highest BCUT2D eigenvalue weighted by Gasteiger charge is 2.28. The topological polar surface area (TPSA) is 19.1 Å². The maximum absolute atomic E-state index is 3.27. The van der Waals surface area contributed by atoms with Crippen molar-refractivity contribution in [1.82, 2.24) is 4.57 Å². The van der Waals surface area contributed by atoms with Crippen LogP contribution in [0.2, 0.25) is 0 Å². The van der Waals surface area contributed by atoms with E-state index in [0.29, 0.717) is 0 Å². The lowest BCUT2D eigenvalue weighted by Gasteiger charge is -2.28. The van der Waals surface area contributed by atoms with E-state index in [1.807, 2.05) is 12.5 Å². The Morgan fingerprint density at radius 1 is 0.385 bits per heavy atom. The fraction of sp³-hybridized carbons (Fsp3) is 0. The van der Waals surface area contributed by atoms with Gasteiger partial charge in [-0.2, -0.15) is 0 Å². The highest BCUT2D eigenvalue weighted by molar-refractivity contribution is 7.80. The normalized spacial score (nSPS) is 11.3. The number of aromatic amines is 1. The van der Waals surface area contributed by atoms with Gasteiger partial charge in [0.25, 0.3) is 0 Å². The van der Waals surface area contributed by atoms with Crippen LogP contribution in [0.15, 0.2) is 207 Å². The number of rotatable bonds is 8. The van der Waals surface area contributed by atoms with Crippen molar-refractivity contribution < 1.29 is 22.0 Å². The third kappa shape index (κ3) is 6.31. The average molecular weight is 770 g/mol. The summed E-state index contributed by atoms with van der Waals surface area (Å²) in [5.74, 6) is 0. The SMILES string of the molecule is [Br-].c1ccc(P(c2ccccc2)c2ccc3ccccc3c2-c2c(P(c3ccccc3)c3ccccc3)ccc3c(-n4cc[nH+]c4)cccc23)cc1. The highest BCUT2D eigenvalue weighted by Crippen LogP contribution is 2.46. The van der Waals surface area contributed by atoms with Crippen LogP contribution >= 0.6 is 15.8 Å². The van der Waals surface area contributed by atoms with Gasteiger partial charge < -0.3 is 17.0 Å². The third-order valence-electron chi connectivity index (χ3n) is 9.54. The standard InChI is InChI=1S/C47H34N2P2.BrH/c1-5-17-36(18-6-1)50(37-19-7-2-8-20-37)44-30-28-35-16-13-14-25-40(35)46(44)47-42-26-15-27-43(49-33-32-48-34-49)41(42)29-31-45(47)51(38-21-9-3-10-22-38)39-23-11-4-12-24-39;/h1-34H;1H. The van der Waals surface area contributed by atoms with Crippen molar-refractivity contribution in [3.05, 3.63) is 207 Å². The molecule has 250 valence electrons. The zero-order valence-corrected chi connectivity index (χ0v) is 31.7. The second-order valence-corrected chi connectivity index (χ2v) is 16.9. The zero-order valence-electron chi connectivity index (χ0n) is 28.3. The summed E-state index contributed by atoms with van der Waals surface area (Å²) in [6.45, 7) is 0. The van der Waals surface area contributed by atoms with Gasteiger partial charge in [-0.25, -0.2) is 9.55 Å². The average Bonchev–Trinajstić information content (AvgIpc) is 3.75. The quantitative estimate of drug-likeness (QED) is 0.175. The molecule has 0 bridgehead atoms. The van der Waals surface area contributed by atoms with E-state index in [-0.39, 0.29) is 17.0 Å². The fourth-order valence-corrected chi connectivity index (χ4v) is 12.3. The van der Waals surface area contributed by atoms with Gasteiger partial charge in [0.05, 0.1) is 0 Å². The Morgan fingerprint density at radius 2 is 0.846 bits per heavy atom. The van der Waals surface area contributed by atoms with Crippen LogP contribution in [0.4, 0.5) is 0 Å². The number of benzene rings is 8. The molecule has 1 N–H and O–H groups in total. The van der Waals surface area contributed by atoms with Crippen LogP contribution in [0.1, 0.15) is 0 Å². The van der Waals surface area contributed by atoms with E-state index in [2.05, 4.69) is 204 Å². The predicted octanol–water partition coefficient (Wildman–Crippen LogP) is 5.79. The molecule has 0 spiro atoms. The minimum absolute atomic E-state index is 0. The lowest BCUT2D eigenvalue weighted by atomic mass is 9.93. The van der Waals surface area contributed by atoms with Crippen LogP contribution in [-0.4, -0.2) is 4.57 Å². The summed E-state index contributed by atoms with van der Waals surface area (Å²) < 4.78 is 2.19. The summed E-state index contributed by atoms with van der Waals surface area (Å²) in [6.07, 6.45) is 6.10. The molecule has 5 heteroatoms. The maximum atomic E-state index is 3.27. The predicted molar refractivity (Wildman–Crippen MR) is 220 cm³/mol. The van der Waals surface area contributed by atoms with E-state index >= 15 is 0 Å².